The molecule has 1 fully saturated rings. The summed E-state index contributed by atoms with van der Waals surface area (Å²) in [6.45, 7) is 1.46. The lowest BCUT2D eigenvalue weighted by Crippen LogP contribution is -2.40. The molecule has 1 aliphatic rings. The van der Waals surface area contributed by atoms with Crippen molar-refractivity contribution in [1.29, 1.82) is 0 Å². The number of H-pyrrole nitrogens is 1. The van der Waals surface area contributed by atoms with E-state index in [9.17, 15) is 9.59 Å². The van der Waals surface area contributed by atoms with Gasteiger partial charge in [-0.15, -0.1) is 0 Å². The summed E-state index contributed by atoms with van der Waals surface area (Å²) >= 11 is 0. The molecule has 8 nitrogen and oxygen atoms in total. The van der Waals surface area contributed by atoms with Crippen LogP contribution in [0.5, 0.6) is 0 Å². The summed E-state index contributed by atoms with van der Waals surface area (Å²) in [5.41, 5.74) is 0. The molecule has 1 saturated heterocycles. The van der Waals surface area contributed by atoms with Crippen molar-refractivity contribution in [2.24, 2.45) is 0 Å². The van der Waals surface area contributed by atoms with E-state index in [0.717, 1.165) is 12.2 Å². The Balaban J connectivity index is 1.41. The molecule has 2 aromatic rings. The van der Waals surface area contributed by atoms with Crippen molar-refractivity contribution >= 4 is 11.8 Å². The molecule has 3 heterocycles. The predicted molar refractivity (Wildman–Crippen MR) is 82.3 cm³/mol. The van der Waals surface area contributed by atoms with E-state index in [1.54, 1.807) is 35.5 Å². The van der Waals surface area contributed by atoms with Gasteiger partial charge in [-0.3, -0.25) is 14.3 Å². The Morgan fingerprint density at radius 2 is 2.30 bits per heavy atom. The number of nitrogens with one attached hydrogen (secondary N) is 2. The van der Waals surface area contributed by atoms with Crippen LogP contribution in [0.4, 0.5) is 0 Å². The topological polar surface area (TPSA) is 95.9 Å². The highest BCUT2D eigenvalue weighted by atomic mass is 16.2. The Hall–Kier alpha value is -2.64. The average Bonchev–Trinajstić information content (AvgIpc) is 3.27. The molecule has 0 saturated carbocycles. The van der Waals surface area contributed by atoms with Crippen LogP contribution in [0.2, 0.25) is 0 Å². The smallest absolute Gasteiger partial charge is 0.242 e. The van der Waals surface area contributed by atoms with E-state index >= 15 is 0 Å². The van der Waals surface area contributed by atoms with E-state index in [4.69, 9.17) is 0 Å². The molecule has 0 aromatic carbocycles. The van der Waals surface area contributed by atoms with Crippen LogP contribution < -0.4 is 5.32 Å². The van der Waals surface area contributed by atoms with Gasteiger partial charge >= 0.3 is 0 Å². The molecule has 0 spiro atoms. The monoisotopic (exact) mass is 316 g/mol. The third-order valence-electron chi connectivity index (χ3n) is 3.90. The number of imidazole rings is 1. The minimum atomic E-state index is -0.0800. The maximum absolute atomic E-state index is 12.2. The highest BCUT2D eigenvalue weighted by Crippen LogP contribution is 2.11. The minimum Gasteiger partial charge on any atom is -0.350 e. The lowest BCUT2D eigenvalue weighted by molar-refractivity contribution is -0.130. The van der Waals surface area contributed by atoms with E-state index in [1.807, 2.05) is 4.90 Å². The Morgan fingerprint density at radius 1 is 1.39 bits per heavy atom. The van der Waals surface area contributed by atoms with Gasteiger partial charge in [0.05, 0.1) is 0 Å². The second-order valence-electron chi connectivity index (χ2n) is 5.63. The molecule has 2 N–H and O–H groups in total. The molecule has 1 aliphatic heterocycles. The maximum Gasteiger partial charge on any atom is 0.242 e. The lowest BCUT2D eigenvalue weighted by Gasteiger charge is -2.17. The van der Waals surface area contributed by atoms with E-state index < -0.39 is 0 Å². The Labute approximate surface area is 133 Å². The fourth-order valence-electron chi connectivity index (χ4n) is 2.74. The summed E-state index contributed by atoms with van der Waals surface area (Å²) in [7, 11) is 0. The molecular formula is C15H20N6O2. The van der Waals surface area contributed by atoms with Crippen LogP contribution in [0, 0.1) is 0 Å². The molecule has 8 heteroatoms. The standard InChI is InChI=1S/C15H20N6O2/c22-14(11-21-8-1-5-18-21)19-12-4-9-20(10-12)15(23)3-2-13-16-6-7-17-13/h1,5-8,12H,2-4,9-11H2,(H,16,17)(H,19,22). The van der Waals surface area contributed by atoms with Crippen molar-refractivity contribution in [3.05, 3.63) is 36.7 Å². The molecule has 0 bridgehead atoms. The van der Waals surface area contributed by atoms with Crippen molar-refractivity contribution in [2.45, 2.75) is 31.8 Å². The van der Waals surface area contributed by atoms with Gasteiger partial charge in [0.1, 0.15) is 12.4 Å². The van der Waals surface area contributed by atoms with Crippen molar-refractivity contribution < 1.29 is 9.59 Å². The molecular weight excluding hydrogens is 296 g/mol. The third-order valence-corrected chi connectivity index (χ3v) is 3.90. The van der Waals surface area contributed by atoms with Crippen molar-refractivity contribution in [2.75, 3.05) is 13.1 Å². The lowest BCUT2D eigenvalue weighted by atomic mass is 10.2. The molecule has 1 unspecified atom stereocenters. The van der Waals surface area contributed by atoms with Gasteiger partial charge in [-0.05, 0) is 12.5 Å². The summed E-state index contributed by atoms with van der Waals surface area (Å²) in [6, 6.07) is 1.80. The molecule has 23 heavy (non-hydrogen) atoms. The van der Waals surface area contributed by atoms with Gasteiger partial charge in [0.2, 0.25) is 11.8 Å². The fourth-order valence-corrected chi connectivity index (χ4v) is 2.74. The van der Waals surface area contributed by atoms with Gasteiger partial charge in [-0.1, -0.05) is 0 Å². The van der Waals surface area contributed by atoms with Crippen LogP contribution in [0.15, 0.2) is 30.9 Å². The number of aromatic nitrogens is 4. The highest BCUT2D eigenvalue weighted by Gasteiger charge is 2.27. The molecule has 0 aliphatic carbocycles. The summed E-state index contributed by atoms with van der Waals surface area (Å²) in [5.74, 6) is 0.843. The number of rotatable bonds is 6. The molecule has 1 atom stereocenters. The Morgan fingerprint density at radius 3 is 3.04 bits per heavy atom. The number of aromatic amines is 1. The molecule has 0 radical (unpaired) electrons. The number of aryl methyl sites for hydroxylation is 1. The zero-order chi connectivity index (χ0) is 16.1. The first kappa shape index (κ1) is 15.3. The number of nitrogens with zero attached hydrogens (tertiary/aromatic N) is 4. The van der Waals surface area contributed by atoms with Crippen LogP contribution in [0.1, 0.15) is 18.7 Å². The van der Waals surface area contributed by atoms with Crippen LogP contribution in [-0.4, -0.2) is 55.6 Å². The van der Waals surface area contributed by atoms with Crippen LogP contribution in [-0.2, 0) is 22.6 Å². The van der Waals surface area contributed by atoms with Crippen molar-refractivity contribution in [1.82, 2.24) is 30.0 Å². The first-order valence-electron chi connectivity index (χ1n) is 7.73. The van der Waals surface area contributed by atoms with E-state index in [1.165, 1.54) is 0 Å². The van der Waals surface area contributed by atoms with E-state index in [2.05, 4.69) is 20.4 Å². The van der Waals surface area contributed by atoms with E-state index in [0.29, 0.717) is 25.9 Å². The molecule has 122 valence electrons. The second-order valence-corrected chi connectivity index (χ2v) is 5.63. The van der Waals surface area contributed by atoms with Gasteiger partial charge in [-0.2, -0.15) is 5.10 Å². The third kappa shape index (κ3) is 4.18. The fraction of sp³-hybridized carbons (Fsp3) is 0.467. The molecule has 2 amide bonds. The zero-order valence-corrected chi connectivity index (χ0v) is 12.8. The Bertz CT molecular complexity index is 637. The number of carbonyl (C=O) groups excluding carboxylic acids is 2. The van der Waals surface area contributed by atoms with Crippen molar-refractivity contribution in [3.8, 4) is 0 Å². The summed E-state index contributed by atoms with van der Waals surface area (Å²) in [6.07, 6.45) is 8.65. The largest absolute Gasteiger partial charge is 0.350 e. The second kappa shape index (κ2) is 7.08. The minimum absolute atomic E-state index is 0.0191. The Kier molecular flexibility index (Phi) is 4.70. The number of amides is 2. The van der Waals surface area contributed by atoms with Gasteiger partial charge in [0.15, 0.2) is 0 Å². The van der Waals surface area contributed by atoms with Crippen molar-refractivity contribution in [3.63, 3.8) is 0 Å². The normalized spacial score (nSPS) is 17.4. The molecule has 3 rings (SSSR count). The van der Waals surface area contributed by atoms with Crippen LogP contribution in [0.3, 0.4) is 0 Å². The summed E-state index contributed by atoms with van der Waals surface area (Å²) in [5, 5.41) is 6.96. The quantitative estimate of drug-likeness (QED) is 0.781. The molecule has 2 aromatic heterocycles. The highest BCUT2D eigenvalue weighted by molar-refractivity contribution is 5.78. The number of hydrogen-bond acceptors (Lipinski definition) is 4. The van der Waals surface area contributed by atoms with Gasteiger partial charge in [0.25, 0.3) is 0 Å². The zero-order valence-electron chi connectivity index (χ0n) is 12.8. The van der Waals surface area contributed by atoms with Gasteiger partial charge < -0.3 is 15.2 Å². The van der Waals surface area contributed by atoms with Crippen LogP contribution in [0.25, 0.3) is 0 Å². The summed E-state index contributed by atoms with van der Waals surface area (Å²) in [4.78, 5) is 33.0. The first-order chi connectivity index (χ1) is 11.2. The predicted octanol–water partition coefficient (Wildman–Crippen LogP) is -0.0439. The number of carbonyl (C=O) groups is 2. The van der Waals surface area contributed by atoms with Crippen LogP contribution >= 0.6 is 0 Å². The number of likely N-dealkylation sites (tertiary alicyclic amines) is 1. The SMILES string of the molecule is O=C(Cn1cccn1)NC1CCN(C(=O)CCc2ncc[nH]2)C1. The number of hydrogen-bond donors (Lipinski definition) is 2. The van der Waals surface area contributed by atoms with E-state index in [-0.39, 0.29) is 24.4 Å². The van der Waals surface area contributed by atoms with Gasteiger partial charge in [-0.25, -0.2) is 4.98 Å². The first-order valence-corrected chi connectivity index (χ1v) is 7.73. The average molecular weight is 316 g/mol. The summed E-state index contributed by atoms with van der Waals surface area (Å²) < 4.78 is 1.58. The van der Waals surface area contributed by atoms with Gasteiger partial charge in [0, 0.05) is 56.8 Å². The maximum atomic E-state index is 12.2.